The quantitative estimate of drug-likeness (QED) is 0.830. The molecule has 1 aromatic rings. The van der Waals surface area contributed by atoms with E-state index >= 15 is 0 Å². The van der Waals surface area contributed by atoms with Gasteiger partial charge >= 0.3 is 0 Å². The highest BCUT2D eigenvalue weighted by Crippen LogP contribution is 2.33. The summed E-state index contributed by atoms with van der Waals surface area (Å²) < 4.78 is 5.34. The number of hydrogen-bond acceptors (Lipinski definition) is 3. The molecule has 2 fully saturated rings. The summed E-state index contributed by atoms with van der Waals surface area (Å²) in [5, 5.41) is 0. The Morgan fingerprint density at radius 1 is 1.26 bits per heavy atom. The number of quaternary nitrogens is 1. The van der Waals surface area contributed by atoms with Gasteiger partial charge in [-0.2, -0.15) is 0 Å². The van der Waals surface area contributed by atoms with Crippen molar-refractivity contribution in [1.29, 1.82) is 0 Å². The molecule has 0 radical (unpaired) electrons. The van der Waals surface area contributed by atoms with Gasteiger partial charge in [-0.1, -0.05) is 12.1 Å². The summed E-state index contributed by atoms with van der Waals surface area (Å²) >= 11 is 0. The van der Waals surface area contributed by atoms with Crippen molar-refractivity contribution in [2.75, 3.05) is 44.7 Å². The normalized spacial score (nSPS) is 20.9. The van der Waals surface area contributed by atoms with Crippen molar-refractivity contribution in [2.24, 2.45) is 0 Å². The summed E-state index contributed by atoms with van der Waals surface area (Å²) in [6.45, 7) is 4.64. The van der Waals surface area contributed by atoms with Crippen molar-refractivity contribution in [1.82, 2.24) is 4.90 Å². The van der Waals surface area contributed by atoms with Crippen LogP contribution in [0.2, 0.25) is 0 Å². The molecular weight excluding hydrogens is 338 g/mol. The highest BCUT2D eigenvalue weighted by Gasteiger charge is 2.36. The predicted octanol–water partition coefficient (Wildman–Crippen LogP) is 1.85. The minimum absolute atomic E-state index is 0.343. The average Bonchev–Trinajstić information content (AvgIpc) is 3.54. The third-order valence-corrected chi connectivity index (χ3v) is 6.05. The highest BCUT2D eigenvalue weighted by molar-refractivity contribution is 5.79. The fraction of sp³-hybridized carbons (Fsp3) is 0.591. The summed E-state index contributed by atoms with van der Waals surface area (Å²) in [5.41, 5.74) is 2.52. The molecule has 27 heavy (non-hydrogen) atoms. The first-order valence-corrected chi connectivity index (χ1v) is 10.5. The Bertz CT molecular complexity index is 691. The van der Waals surface area contributed by atoms with E-state index in [0.717, 1.165) is 44.8 Å². The maximum atomic E-state index is 13.1. The van der Waals surface area contributed by atoms with Crippen LogP contribution in [-0.2, 0) is 4.79 Å². The monoisotopic (exact) mass is 370 g/mol. The topological polar surface area (TPSA) is 37.2 Å². The molecule has 0 atom stereocenters. The van der Waals surface area contributed by atoms with Crippen molar-refractivity contribution in [3.05, 3.63) is 36.0 Å². The van der Waals surface area contributed by atoms with E-state index < -0.39 is 0 Å². The summed E-state index contributed by atoms with van der Waals surface area (Å²) in [7, 11) is 1.71. The number of rotatable bonds is 6. The van der Waals surface area contributed by atoms with Crippen LogP contribution in [0.25, 0.3) is 0 Å². The molecule has 2 aliphatic carbocycles. The Morgan fingerprint density at radius 3 is 2.74 bits per heavy atom. The smallest absolute Gasteiger partial charge is 0.282 e. The first kappa shape index (κ1) is 18.4. The number of nitrogens with zero attached hydrogens (tertiary/aromatic N) is 2. The SMILES string of the molecule is COc1cccc(N2CC[NH+](CC(=O)N(C3=CCCCC3)C3CC3)CC2)c1. The van der Waals surface area contributed by atoms with Crippen LogP contribution in [0.15, 0.2) is 36.0 Å². The molecule has 1 aliphatic heterocycles. The molecule has 1 aromatic carbocycles. The number of allylic oxidation sites excluding steroid dienone is 2. The van der Waals surface area contributed by atoms with Crippen LogP contribution in [0.4, 0.5) is 5.69 Å². The van der Waals surface area contributed by atoms with Gasteiger partial charge in [0, 0.05) is 23.5 Å². The van der Waals surface area contributed by atoms with Crippen LogP contribution in [0.3, 0.4) is 0 Å². The van der Waals surface area contributed by atoms with Gasteiger partial charge in [-0.3, -0.25) is 4.79 Å². The minimum atomic E-state index is 0.343. The van der Waals surface area contributed by atoms with Gasteiger partial charge < -0.3 is 19.4 Å². The summed E-state index contributed by atoms with van der Waals surface area (Å²) in [5.74, 6) is 1.24. The lowest BCUT2D eigenvalue weighted by atomic mass is 10.0. The molecular formula is C22H32N3O2+. The molecule has 1 saturated carbocycles. The van der Waals surface area contributed by atoms with Gasteiger partial charge in [0.25, 0.3) is 5.91 Å². The minimum Gasteiger partial charge on any atom is -0.497 e. The van der Waals surface area contributed by atoms with Crippen LogP contribution in [0.5, 0.6) is 5.75 Å². The molecule has 1 heterocycles. The third kappa shape index (κ3) is 4.46. The molecule has 146 valence electrons. The second-order valence-corrected chi connectivity index (χ2v) is 8.05. The van der Waals surface area contributed by atoms with Crippen LogP contribution < -0.4 is 14.5 Å². The molecule has 4 rings (SSSR count). The second-order valence-electron chi connectivity index (χ2n) is 8.05. The molecule has 0 spiro atoms. The molecule has 5 nitrogen and oxygen atoms in total. The van der Waals surface area contributed by atoms with Gasteiger partial charge in [-0.05, 0) is 50.7 Å². The number of piperazine rings is 1. The van der Waals surface area contributed by atoms with E-state index in [9.17, 15) is 4.79 Å². The van der Waals surface area contributed by atoms with Crippen molar-refractivity contribution < 1.29 is 14.4 Å². The number of amides is 1. The van der Waals surface area contributed by atoms with Crippen molar-refractivity contribution >= 4 is 11.6 Å². The van der Waals surface area contributed by atoms with Crippen molar-refractivity contribution in [3.8, 4) is 5.75 Å². The zero-order valence-corrected chi connectivity index (χ0v) is 16.5. The number of hydrogen-bond donors (Lipinski definition) is 1. The predicted molar refractivity (Wildman–Crippen MR) is 107 cm³/mol. The lowest BCUT2D eigenvalue weighted by Crippen LogP contribution is -3.15. The zero-order chi connectivity index (χ0) is 18.6. The van der Waals surface area contributed by atoms with E-state index in [0.29, 0.717) is 18.5 Å². The van der Waals surface area contributed by atoms with Crippen LogP contribution in [-0.4, -0.2) is 56.7 Å². The van der Waals surface area contributed by atoms with Crippen molar-refractivity contribution in [2.45, 2.75) is 44.6 Å². The Morgan fingerprint density at radius 2 is 2.07 bits per heavy atom. The van der Waals surface area contributed by atoms with E-state index in [2.05, 4.69) is 28.0 Å². The highest BCUT2D eigenvalue weighted by atomic mass is 16.5. The third-order valence-electron chi connectivity index (χ3n) is 6.05. The Labute approximate surface area is 162 Å². The van der Waals surface area contributed by atoms with Crippen LogP contribution in [0, 0.1) is 0 Å². The number of benzene rings is 1. The zero-order valence-electron chi connectivity index (χ0n) is 16.5. The molecule has 3 aliphatic rings. The molecule has 0 unspecified atom stereocenters. The molecule has 0 aromatic heterocycles. The lowest BCUT2D eigenvalue weighted by Gasteiger charge is -2.35. The molecule has 1 saturated heterocycles. The number of anilines is 1. The second kappa shape index (κ2) is 8.34. The van der Waals surface area contributed by atoms with Gasteiger partial charge in [0.15, 0.2) is 6.54 Å². The average molecular weight is 371 g/mol. The maximum Gasteiger partial charge on any atom is 0.282 e. The van der Waals surface area contributed by atoms with Crippen molar-refractivity contribution in [3.63, 3.8) is 0 Å². The van der Waals surface area contributed by atoms with Crippen LogP contribution in [0.1, 0.15) is 38.5 Å². The van der Waals surface area contributed by atoms with E-state index in [1.165, 1.54) is 42.0 Å². The largest absolute Gasteiger partial charge is 0.497 e. The van der Waals surface area contributed by atoms with E-state index in [4.69, 9.17) is 4.74 Å². The van der Waals surface area contributed by atoms with Gasteiger partial charge in [-0.15, -0.1) is 0 Å². The maximum absolute atomic E-state index is 13.1. The number of nitrogens with one attached hydrogen (secondary N) is 1. The first-order valence-electron chi connectivity index (χ1n) is 10.5. The Kier molecular flexibility index (Phi) is 5.67. The van der Waals surface area contributed by atoms with Crippen LogP contribution >= 0.6 is 0 Å². The van der Waals surface area contributed by atoms with Gasteiger partial charge in [0.05, 0.1) is 33.3 Å². The molecule has 0 bridgehead atoms. The summed E-state index contributed by atoms with van der Waals surface area (Å²) in [6, 6.07) is 8.75. The number of methoxy groups -OCH3 is 1. The number of carbonyl (C=O) groups excluding carboxylic acids is 1. The Hall–Kier alpha value is -2.01. The number of carbonyl (C=O) groups is 1. The molecule has 5 heteroatoms. The Balaban J connectivity index is 1.33. The fourth-order valence-corrected chi connectivity index (χ4v) is 4.34. The first-order chi connectivity index (χ1) is 13.2. The summed E-state index contributed by atoms with van der Waals surface area (Å²) in [4.78, 5) is 19.0. The van der Waals surface area contributed by atoms with Gasteiger partial charge in [-0.25, -0.2) is 0 Å². The summed E-state index contributed by atoms with van der Waals surface area (Å²) in [6.07, 6.45) is 9.40. The van der Waals surface area contributed by atoms with Gasteiger partial charge in [0.2, 0.25) is 0 Å². The molecule has 1 N–H and O–H groups in total. The fourth-order valence-electron chi connectivity index (χ4n) is 4.34. The molecule has 1 amide bonds. The lowest BCUT2D eigenvalue weighted by molar-refractivity contribution is -0.892. The van der Waals surface area contributed by atoms with E-state index in [1.54, 1.807) is 7.11 Å². The van der Waals surface area contributed by atoms with E-state index in [-0.39, 0.29) is 0 Å². The standard InChI is InChI=1S/C22H31N3O2/c1-27-21-9-5-8-20(16-21)24-14-12-23(13-15-24)17-22(26)25(19-10-11-19)18-6-3-2-4-7-18/h5-6,8-9,16,19H,2-4,7,10-15,17H2,1H3/p+1. The number of ether oxygens (including phenoxy) is 1. The van der Waals surface area contributed by atoms with Gasteiger partial charge in [0.1, 0.15) is 5.75 Å². The van der Waals surface area contributed by atoms with E-state index in [1.807, 2.05) is 12.1 Å².